The molecule has 0 aromatic heterocycles. The van der Waals surface area contributed by atoms with E-state index in [1.54, 1.807) is 0 Å². The molecule has 1 amide bonds. The summed E-state index contributed by atoms with van der Waals surface area (Å²) >= 11 is 0. The Bertz CT molecular complexity index is 463. The number of nitrogens with zero attached hydrogens (tertiary/aromatic N) is 1. The van der Waals surface area contributed by atoms with E-state index in [9.17, 15) is 4.79 Å². The number of ether oxygens (including phenoxy) is 1. The number of hydrogen-bond acceptors (Lipinski definition) is 3. The molecular formula is C17H24N2O2. The van der Waals surface area contributed by atoms with Gasteiger partial charge in [-0.25, -0.2) is 4.79 Å². The lowest BCUT2D eigenvalue weighted by atomic mass is 9.74. The maximum Gasteiger partial charge on any atom is 0.410 e. The van der Waals surface area contributed by atoms with Crippen LogP contribution in [0.15, 0.2) is 30.3 Å². The second-order valence-corrected chi connectivity index (χ2v) is 6.35. The van der Waals surface area contributed by atoms with Crippen molar-refractivity contribution < 1.29 is 9.53 Å². The molecule has 4 nitrogen and oxygen atoms in total. The van der Waals surface area contributed by atoms with E-state index in [0.717, 1.165) is 38.2 Å². The molecule has 3 rings (SSSR count). The molecule has 1 aromatic carbocycles. The molecule has 1 spiro atoms. The summed E-state index contributed by atoms with van der Waals surface area (Å²) in [6, 6.07) is 9.86. The summed E-state index contributed by atoms with van der Waals surface area (Å²) < 4.78 is 5.47. The lowest BCUT2D eigenvalue weighted by Gasteiger charge is -2.44. The van der Waals surface area contributed by atoms with E-state index in [1.807, 2.05) is 35.2 Å². The van der Waals surface area contributed by atoms with Crippen LogP contribution in [-0.4, -0.2) is 37.2 Å². The lowest BCUT2D eigenvalue weighted by molar-refractivity contribution is 0.0405. The predicted molar refractivity (Wildman–Crippen MR) is 82.0 cm³/mol. The van der Waals surface area contributed by atoms with Crippen molar-refractivity contribution >= 4 is 6.09 Å². The van der Waals surface area contributed by atoms with Gasteiger partial charge in [-0.3, -0.25) is 0 Å². The van der Waals surface area contributed by atoms with Crippen LogP contribution in [0.5, 0.6) is 0 Å². The van der Waals surface area contributed by atoms with Crippen molar-refractivity contribution in [2.24, 2.45) is 5.41 Å². The highest BCUT2D eigenvalue weighted by atomic mass is 16.6. The highest BCUT2D eigenvalue weighted by Crippen LogP contribution is 2.36. The number of rotatable bonds is 2. The van der Waals surface area contributed by atoms with E-state index in [2.05, 4.69) is 5.32 Å². The molecule has 1 atom stereocenters. The van der Waals surface area contributed by atoms with Gasteiger partial charge in [-0.2, -0.15) is 0 Å². The molecule has 114 valence electrons. The Balaban J connectivity index is 1.54. The van der Waals surface area contributed by atoms with E-state index in [0.29, 0.717) is 6.61 Å². The zero-order valence-electron chi connectivity index (χ0n) is 12.5. The summed E-state index contributed by atoms with van der Waals surface area (Å²) in [6.07, 6.45) is 4.59. The van der Waals surface area contributed by atoms with Crippen molar-refractivity contribution in [1.29, 1.82) is 0 Å². The van der Waals surface area contributed by atoms with E-state index in [1.165, 1.54) is 19.3 Å². The number of hydrogen-bond donors (Lipinski definition) is 1. The topological polar surface area (TPSA) is 41.6 Å². The monoisotopic (exact) mass is 288 g/mol. The Labute approximate surface area is 126 Å². The molecule has 2 saturated heterocycles. The van der Waals surface area contributed by atoms with E-state index >= 15 is 0 Å². The Morgan fingerprint density at radius 1 is 1.24 bits per heavy atom. The molecule has 2 heterocycles. The quantitative estimate of drug-likeness (QED) is 0.910. The van der Waals surface area contributed by atoms with Gasteiger partial charge in [0.05, 0.1) is 0 Å². The minimum absolute atomic E-state index is 0.163. The third-order valence-electron chi connectivity index (χ3n) is 4.69. The SMILES string of the molecule is O=C(OCc1ccccc1)N1CCC[C@@]2(CCCNC2)C1. The van der Waals surface area contributed by atoms with Crippen molar-refractivity contribution in [3.63, 3.8) is 0 Å². The standard InChI is InChI=1S/C17H24N2O2/c20-16(21-12-15-6-2-1-3-7-15)19-11-5-9-17(14-19)8-4-10-18-13-17/h1-3,6-7,18H,4-5,8-14H2/t17-/m1/s1. The Morgan fingerprint density at radius 2 is 2.05 bits per heavy atom. The van der Waals surface area contributed by atoms with Crippen LogP contribution in [-0.2, 0) is 11.3 Å². The number of nitrogens with one attached hydrogen (secondary N) is 1. The average molecular weight is 288 g/mol. The summed E-state index contributed by atoms with van der Waals surface area (Å²) in [5.74, 6) is 0. The lowest BCUT2D eigenvalue weighted by Crippen LogP contribution is -2.52. The van der Waals surface area contributed by atoms with E-state index < -0.39 is 0 Å². The van der Waals surface area contributed by atoms with Gasteiger partial charge in [0.1, 0.15) is 6.61 Å². The molecule has 0 unspecified atom stereocenters. The Morgan fingerprint density at radius 3 is 2.81 bits per heavy atom. The molecule has 2 fully saturated rings. The first-order valence-electron chi connectivity index (χ1n) is 7.94. The summed E-state index contributed by atoms with van der Waals surface area (Å²) in [7, 11) is 0. The number of piperidine rings is 2. The summed E-state index contributed by atoms with van der Waals surface area (Å²) in [5.41, 5.74) is 1.32. The van der Waals surface area contributed by atoms with Crippen LogP contribution in [0, 0.1) is 5.41 Å². The van der Waals surface area contributed by atoms with Crippen molar-refractivity contribution in [2.75, 3.05) is 26.2 Å². The number of amides is 1. The maximum absolute atomic E-state index is 12.3. The fourth-order valence-corrected chi connectivity index (χ4v) is 3.55. The summed E-state index contributed by atoms with van der Waals surface area (Å²) in [4.78, 5) is 14.2. The summed E-state index contributed by atoms with van der Waals surface area (Å²) in [5, 5.41) is 3.48. The smallest absolute Gasteiger partial charge is 0.410 e. The van der Waals surface area contributed by atoms with Gasteiger partial charge >= 0.3 is 6.09 Å². The highest BCUT2D eigenvalue weighted by molar-refractivity contribution is 5.67. The van der Waals surface area contributed by atoms with Crippen molar-refractivity contribution in [3.8, 4) is 0 Å². The normalized spacial score (nSPS) is 25.8. The second kappa shape index (κ2) is 6.48. The van der Waals surface area contributed by atoms with Crippen LogP contribution >= 0.6 is 0 Å². The van der Waals surface area contributed by atoms with Crippen LogP contribution in [0.2, 0.25) is 0 Å². The summed E-state index contributed by atoms with van der Waals surface area (Å²) in [6.45, 7) is 4.18. The fourth-order valence-electron chi connectivity index (χ4n) is 3.55. The molecule has 0 aliphatic carbocycles. The zero-order chi connectivity index (χ0) is 14.5. The predicted octanol–water partition coefficient (Wildman–Crippen LogP) is 2.79. The first kappa shape index (κ1) is 14.4. The third kappa shape index (κ3) is 3.56. The van der Waals surface area contributed by atoms with E-state index in [-0.39, 0.29) is 11.5 Å². The van der Waals surface area contributed by atoms with Crippen LogP contribution in [0.1, 0.15) is 31.2 Å². The molecule has 2 aliphatic rings. The molecule has 1 N–H and O–H groups in total. The van der Waals surface area contributed by atoms with Crippen LogP contribution in [0.25, 0.3) is 0 Å². The van der Waals surface area contributed by atoms with E-state index in [4.69, 9.17) is 4.74 Å². The van der Waals surface area contributed by atoms with Gasteiger partial charge in [-0.1, -0.05) is 30.3 Å². The number of benzene rings is 1. The minimum Gasteiger partial charge on any atom is -0.445 e. The number of likely N-dealkylation sites (tertiary alicyclic amines) is 1. The number of carbonyl (C=O) groups is 1. The molecule has 0 radical (unpaired) electrons. The maximum atomic E-state index is 12.3. The first-order valence-corrected chi connectivity index (χ1v) is 7.94. The zero-order valence-corrected chi connectivity index (χ0v) is 12.5. The average Bonchev–Trinajstić information content (AvgIpc) is 2.54. The fraction of sp³-hybridized carbons (Fsp3) is 0.588. The van der Waals surface area contributed by atoms with Gasteiger partial charge in [0, 0.05) is 25.0 Å². The van der Waals surface area contributed by atoms with Crippen molar-refractivity contribution in [3.05, 3.63) is 35.9 Å². The Kier molecular flexibility index (Phi) is 4.44. The van der Waals surface area contributed by atoms with Gasteiger partial charge in [-0.15, -0.1) is 0 Å². The van der Waals surface area contributed by atoms with Gasteiger partial charge < -0.3 is 15.0 Å². The van der Waals surface area contributed by atoms with Crippen LogP contribution in [0.3, 0.4) is 0 Å². The molecule has 0 bridgehead atoms. The number of carbonyl (C=O) groups excluding carboxylic acids is 1. The Hall–Kier alpha value is -1.55. The largest absolute Gasteiger partial charge is 0.445 e. The van der Waals surface area contributed by atoms with Crippen molar-refractivity contribution in [2.45, 2.75) is 32.3 Å². The highest BCUT2D eigenvalue weighted by Gasteiger charge is 2.38. The molecular weight excluding hydrogens is 264 g/mol. The van der Waals surface area contributed by atoms with Gasteiger partial charge in [0.2, 0.25) is 0 Å². The van der Waals surface area contributed by atoms with Crippen LogP contribution < -0.4 is 5.32 Å². The van der Waals surface area contributed by atoms with Gasteiger partial charge in [0.15, 0.2) is 0 Å². The molecule has 2 aliphatic heterocycles. The first-order chi connectivity index (χ1) is 10.3. The van der Waals surface area contributed by atoms with Crippen LogP contribution in [0.4, 0.5) is 4.79 Å². The second-order valence-electron chi connectivity index (χ2n) is 6.35. The van der Waals surface area contributed by atoms with Crippen molar-refractivity contribution in [1.82, 2.24) is 10.2 Å². The molecule has 0 saturated carbocycles. The minimum atomic E-state index is -0.163. The van der Waals surface area contributed by atoms with Gasteiger partial charge in [0.25, 0.3) is 0 Å². The third-order valence-corrected chi connectivity index (χ3v) is 4.69. The van der Waals surface area contributed by atoms with Gasteiger partial charge in [-0.05, 0) is 37.8 Å². The molecule has 4 heteroatoms. The molecule has 1 aromatic rings. The molecule has 21 heavy (non-hydrogen) atoms.